The lowest BCUT2D eigenvalue weighted by Gasteiger charge is -2.35. The van der Waals surface area contributed by atoms with Gasteiger partial charge in [0.15, 0.2) is 0 Å². The molecule has 2 heterocycles. The van der Waals surface area contributed by atoms with Crippen molar-refractivity contribution >= 4 is 21.4 Å². The van der Waals surface area contributed by atoms with Gasteiger partial charge in [-0.1, -0.05) is 0 Å². The molecular formula is C14H24N2O3S2. The predicted molar refractivity (Wildman–Crippen MR) is 85.2 cm³/mol. The number of hydrogen-bond donors (Lipinski definition) is 2. The maximum absolute atomic E-state index is 12.5. The number of nitrogens with one attached hydrogen (secondary N) is 2. The fraction of sp³-hybridized carbons (Fsp3) is 0.714. The van der Waals surface area contributed by atoms with E-state index in [0.29, 0.717) is 23.8 Å². The van der Waals surface area contributed by atoms with Gasteiger partial charge >= 0.3 is 0 Å². The molecule has 0 spiro atoms. The predicted octanol–water partition coefficient (Wildman–Crippen LogP) is 2.01. The van der Waals surface area contributed by atoms with E-state index in [1.165, 1.54) is 11.3 Å². The van der Waals surface area contributed by atoms with Gasteiger partial charge in [0.05, 0.1) is 5.60 Å². The Balaban J connectivity index is 2.13. The summed E-state index contributed by atoms with van der Waals surface area (Å²) in [6.45, 7) is 7.21. The van der Waals surface area contributed by atoms with Crippen LogP contribution in [-0.4, -0.2) is 33.7 Å². The molecule has 0 amide bonds. The molecule has 0 aliphatic carbocycles. The second-order valence-corrected chi connectivity index (χ2v) is 9.20. The Morgan fingerprint density at radius 3 is 2.81 bits per heavy atom. The summed E-state index contributed by atoms with van der Waals surface area (Å²) in [5.41, 5.74) is 0.746. The second kappa shape index (κ2) is 6.34. The van der Waals surface area contributed by atoms with Crippen LogP contribution in [-0.2, 0) is 21.3 Å². The molecule has 120 valence electrons. The monoisotopic (exact) mass is 332 g/mol. The van der Waals surface area contributed by atoms with Crippen LogP contribution in [0.3, 0.4) is 0 Å². The van der Waals surface area contributed by atoms with E-state index in [9.17, 15) is 8.42 Å². The summed E-state index contributed by atoms with van der Waals surface area (Å²) in [6.07, 6.45) is 1.41. The molecule has 1 aromatic heterocycles. The van der Waals surface area contributed by atoms with Crippen molar-refractivity contribution in [3.8, 4) is 0 Å². The van der Waals surface area contributed by atoms with Gasteiger partial charge in [0, 0.05) is 24.1 Å². The highest BCUT2D eigenvalue weighted by Crippen LogP contribution is 2.28. The molecule has 2 N–H and O–H groups in total. The number of thiophene rings is 1. The van der Waals surface area contributed by atoms with Gasteiger partial charge in [0.25, 0.3) is 0 Å². The topological polar surface area (TPSA) is 67.4 Å². The average molecular weight is 332 g/mol. The molecule has 7 heteroatoms. The van der Waals surface area contributed by atoms with Crippen molar-refractivity contribution in [1.29, 1.82) is 0 Å². The zero-order valence-corrected chi connectivity index (χ0v) is 14.7. The van der Waals surface area contributed by atoms with Gasteiger partial charge < -0.3 is 10.1 Å². The lowest BCUT2D eigenvalue weighted by molar-refractivity contribution is -0.0599. The Morgan fingerprint density at radius 2 is 2.19 bits per heavy atom. The van der Waals surface area contributed by atoms with Crippen molar-refractivity contribution in [2.45, 2.75) is 56.0 Å². The normalized spacial score (nSPS) is 22.4. The molecule has 1 saturated heterocycles. The van der Waals surface area contributed by atoms with E-state index in [1.54, 1.807) is 6.07 Å². The second-order valence-electron chi connectivity index (χ2n) is 6.12. The average Bonchev–Trinajstić information content (AvgIpc) is 2.70. The summed E-state index contributed by atoms with van der Waals surface area (Å²) >= 11 is 1.34. The molecule has 0 saturated carbocycles. The maximum Gasteiger partial charge on any atom is 0.250 e. The number of rotatable bonds is 5. The molecule has 1 aromatic rings. The standard InChI is InChI=1S/C14H24N2O3S2/c1-10-7-13(20-12(10)9-15-4)21(17,18)16-11-5-6-19-14(2,3)8-11/h7,11,15-16H,5-6,8-9H2,1-4H3. The molecule has 5 nitrogen and oxygen atoms in total. The van der Waals surface area contributed by atoms with E-state index in [1.807, 2.05) is 27.8 Å². The van der Waals surface area contributed by atoms with Crippen molar-refractivity contribution in [2.75, 3.05) is 13.7 Å². The molecule has 0 aromatic carbocycles. The Morgan fingerprint density at radius 1 is 1.48 bits per heavy atom. The number of ether oxygens (including phenoxy) is 1. The first-order valence-corrected chi connectivity index (χ1v) is 9.44. The third-order valence-corrected chi connectivity index (χ3v) is 6.85. The highest BCUT2D eigenvalue weighted by molar-refractivity contribution is 7.91. The summed E-state index contributed by atoms with van der Waals surface area (Å²) in [5.74, 6) is 0. The first-order valence-electron chi connectivity index (χ1n) is 7.14. The minimum atomic E-state index is -3.44. The molecule has 1 aliphatic heterocycles. The lowest BCUT2D eigenvalue weighted by Crippen LogP contribution is -2.45. The summed E-state index contributed by atoms with van der Waals surface area (Å²) in [5, 5.41) is 3.06. The maximum atomic E-state index is 12.5. The van der Waals surface area contributed by atoms with Crippen molar-refractivity contribution in [1.82, 2.24) is 10.0 Å². The van der Waals surface area contributed by atoms with E-state index in [-0.39, 0.29) is 11.6 Å². The van der Waals surface area contributed by atoms with Gasteiger partial charge in [-0.25, -0.2) is 13.1 Å². The highest BCUT2D eigenvalue weighted by atomic mass is 32.2. The quantitative estimate of drug-likeness (QED) is 0.865. The summed E-state index contributed by atoms with van der Waals surface area (Å²) < 4.78 is 33.9. The molecule has 1 fully saturated rings. The van der Waals surface area contributed by atoms with Gasteiger partial charge in [-0.15, -0.1) is 11.3 Å². The van der Waals surface area contributed by atoms with Gasteiger partial charge in [-0.3, -0.25) is 0 Å². The largest absolute Gasteiger partial charge is 0.375 e. The van der Waals surface area contributed by atoms with E-state index in [4.69, 9.17) is 4.74 Å². The van der Waals surface area contributed by atoms with Crippen LogP contribution >= 0.6 is 11.3 Å². The number of aryl methyl sites for hydroxylation is 1. The van der Waals surface area contributed by atoms with Gasteiger partial charge in [0.1, 0.15) is 4.21 Å². The fourth-order valence-corrected chi connectivity index (χ4v) is 5.46. The minimum Gasteiger partial charge on any atom is -0.375 e. The van der Waals surface area contributed by atoms with Crippen LogP contribution in [0.4, 0.5) is 0 Å². The Kier molecular flexibility index (Phi) is 5.10. The third-order valence-electron chi connectivity index (χ3n) is 3.62. The van der Waals surface area contributed by atoms with Crippen LogP contribution in [0, 0.1) is 6.92 Å². The van der Waals surface area contributed by atoms with Crippen LogP contribution in [0.5, 0.6) is 0 Å². The van der Waals surface area contributed by atoms with Crippen LogP contribution in [0.15, 0.2) is 10.3 Å². The van der Waals surface area contributed by atoms with Crippen molar-refractivity contribution in [2.24, 2.45) is 0 Å². The van der Waals surface area contributed by atoms with Crippen LogP contribution < -0.4 is 10.0 Å². The Bertz CT molecular complexity index is 593. The first-order chi connectivity index (χ1) is 9.73. The summed E-state index contributed by atoms with van der Waals surface area (Å²) in [4.78, 5) is 1.06. The molecule has 1 atom stereocenters. The van der Waals surface area contributed by atoms with Gasteiger partial charge in [0.2, 0.25) is 10.0 Å². The van der Waals surface area contributed by atoms with Crippen LogP contribution in [0.25, 0.3) is 0 Å². The van der Waals surface area contributed by atoms with Crippen molar-refractivity contribution in [3.05, 3.63) is 16.5 Å². The fourth-order valence-electron chi connectivity index (χ4n) is 2.57. The molecule has 21 heavy (non-hydrogen) atoms. The molecule has 0 bridgehead atoms. The zero-order valence-electron chi connectivity index (χ0n) is 13.0. The minimum absolute atomic E-state index is 0.0612. The van der Waals surface area contributed by atoms with Crippen molar-refractivity contribution in [3.63, 3.8) is 0 Å². The van der Waals surface area contributed by atoms with E-state index in [2.05, 4.69) is 10.0 Å². The highest BCUT2D eigenvalue weighted by Gasteiger charge is 2.32. The SMILES string of the molecule is CNCc1sc(S(=O)(=O)NC2CCOC(C)(C)C2)cc1C. The number of hydrogen-bond acceptors (Lipinski definition) is 5. The van der Waals surface area contributed by atoms with E-state index >= 15 is 0 Å². The number of sulfonamides is 1. The third kappa shape index (κ3) is 4.26. The van der Waals surface area contributed by atoms with Gasteiger partial charge in [-0.2, -0.15) is 0 Å². The molecule has 2 rings (SSSR count). The molecular weight excluding hydrogens is 308 g/mol. The zero-order chi connectivity index (χ0) is 15.7. The van der Waals surface area contributed by atoms with Gasteiger partial charge in [-0.05, 0) is 52.3 Å². The van der Waals surface area contributed by atoms with Crippen LogP contribution in [0.2, 0.25) is 0 Å². The Hall–Kier alpha value is -0.470. The first kappa shape index (κ1) is 16.9. The van der Waals surface area contributed by atoms with E-state index < -0.39 is 10.0 Å². The molecule has 1 unspecified atom stereocenters. The molecule has 0 radical (unpaired) electrons. The van der Waals surface area contributed by atoms with Crippen LogP contribution in [0.1, 0.15) is 37.1 Å². The molecule has 1 aliphatic rings. The smallest absolute Gasteiger partial charge is 0.250 e. The van der Waals surface area contributed by atoms with E-state index in [0.717, 1.165) is 16.9 Å². The summed E-state index contributed by atoms with van der Waals surface area (Å²) in [7, 11) is -1.59. The Labute approximate surface area is 131 Å². The van der Waals surface area contributed by atoms with Crippen molar-refractivity contribution < 1.29 is 13.2 Å². The summed E-state index contributed by atoms with van der Waals surface area (Å²) in [6, 6.07) is 1.69. The lowest BCUT2D eigenvalue weighted by atomic mass is 9.95.